The van der Waals surface area contributed by atoms with Crippen LogP contribution in [0.4, 0.5) is 0 Å². The lowest BCUT2D eigenvalue weighted by atomic mass is 10.00. The van der Waals surface area contributed by atoms with Gasteiger partial charge in [0.1, 0.15) is 12.2 Å². The Balaban J connectivity index is 1.74. The third-order valence-electron chi connectivity index (χ3n) is 4.86. The van der Waals surface area contributed by atoms with E-state index in [0.717, 1.165) is 6.42 Å². The van der Waals surface area contributed by atoms with Crippen LogP contribution in [-0.2, 0) is 25.6 Å². The molecular weight excluding hydrogens is 304 g/mol. The first kappa shape index (κ1) is 17.9. The van der Waals surface area contributed by atoms with Gasteiger partial charge in [-0.2, -0.15) is 0 Å². The second-order valence-corrected chi connectivity index (χ2v) is 7.92. The van der Waals surface area contributed by atoms with Crippen LogP contribution in [0.1, 0.15) is 50.8 Å². The normalized spacial score (nSPS) is 31.6. The van der Waals surface area contributed by atoms with Crippen molar-refractivity contribution in [2.75, 3.05) is 0 Å². The molecule has 2 heterocycles. The van der Waals surface area contributed by atoms with E-state index in [1.54, 1.807) is 0 Å². The molecule has 1 aromatic rings. The maximum atomic E-state index is 6.34. The van der Waals surface area contributed by atoms with E-state index in [-0.39, 0.29) is 24.6 Å². The van der Waals surface area contributed by atoms with Crippen molar-refractivity contribution in [3.05, 3.63) is 34.9 Å². The molecule has 0 aromatic heterocycles. The van der Waals surface area contributed by atoms with E-state index in [1.165, 1.54) is 16.7 Å². The van der Waals surface area contributed by atoms with E-state index >= 15 is 0 Å². The summed E-state index contributed by atoms with van der Waals surface area (Å²) in [6.07, 6.45) is 0.371. The molecule has 4 heteroatoms. The van der Waals surface area contributed by atoms with E-state index in [2.05, 4.69) is 45.9 Å². The largest absolute Gasteiger partial charge is 0.368 e. The van der Waals surface area contributed by atoms with Gasteiger partial charge < -0.3 is 18.9 Å². The van der Waals surface area contributed by atoms with Crippen molar-refractivity contribution in [2.45, 2.75) is 85.0 Å². The lowest BCUT2D eigenvalue weighted by Gasteiger charge is -2.27. The zero-order chi connectivity index (χ0) is 17.5. The van der Waals surface area contributed by atoms with Crippen molar-refractivity contribution in [2.24, 2.45) is 5.92 Å². The van der Waals surface area contributed by atoms with E-state index in [0.29, 0.717) is 12.5 Å². The zero-order valence-corrected chi connectivity index (χ0v) is 15.7. The average molecular weight is 334 g/mol. The molecule has 2 fully saturated rings. The summed E-state index contributed by atoms with van der Waals surface area (Å²) in [5.74, 6) is -0.0775. The molecule has 2 saturated heterocycles. The number of aryl methyl sites for hydroxylation is 2. The van der Waals surface area contributed by atoms with Gasteiger partial charge >= 0.3 is 0 Å². The molecule has 0 spiro atoms. The molecule has 2 aliphatic heterocycles. The SMILES string of the molecule is Cc1cccc(C)c1CO[C@@H]1[C@H]2OC(C)(C)O[C@H]2O[C@@H]1CC(C)C. The van der Waals surface area contributed by atoms with E-state index in [4.69, 9.17) is 18.9 Å². The van der Waals surface area contributed by atoms with Crippen LogP contribution < -0.4 is 0 Å². The van der Waals surface area contributed by atoms with Crippen molar-refractivity contribution < 1.29 is 18.9 Å². The number of rotatable bonds is 5. The van der Waals surface area contributed by atoms with Crippen molar-refractivity contribution in [1.82, 2.24) is 0 Å². The minimum Gasteiger partial charge on any atom is -0.368 e. The average Bonchev–Trinajstić information content (AvgIpc) is 2.90. The molecule has 2 aliphatic rings. The highest BCUT2D eigenvalue weighted by Crippen LogP contribution is 2.40. The molecule has 4 nitrogen and oxygen atoms in total. The first-order valence-corrected chi connectivity index (χ1v) is 8.94. The quantitative estimate of drug-likeness (QED) is 0.812. The lowest BCUT2D eigenvalue weighted by molar-refractivity contribution is -0.220. The summed E-state index contributed by atoms with van der Waals surface area (Å²) in [7, 11) is 0. The van der Waals surface area contributed by atoms with Crippen molar-refractivity contribution in [3.63, 3.8) is 0 Å². The Morgan fingerprint density at radius 2 is 1.79 bits per heavy atom. The smallest absolute Gasteiger partial charge is 0.190 e. The number of hydrogen-bond acceptors (Lipinski definition) is 4. The summed E-state index contributed by atoms with van der Waals surface area (Å²) in [6, 6.07) is 6.34. The van der Waals surface area contributed by atoms with Gasteiger partial charge in [-0.05, 0) is 56.7 Å². The maximum absolute atomic E-state index is 6.34. The lowest BCUT2D eigenvalue weighted by Crippen LogP contribution is -2.37. The van der Waals surface area contributed by atoms with Gasteiger partial charge in [0.2, 0.25) is 0 Å². The van der Waals surface area contributed by atoms with Crippen molar-refractivity contribution >= 4 is 0 Å². The first-order chi connectivity index (χ1) is 11.3. The predicted molar refractivity (Wildman–Crippen MR) is 92.6 cm³/mol. The molecular formula is C20H30O4. The summed E-state index contributed by atoms with van der Waals surface area (Å²) < 4.78 is 24.4. The molecule has 0 bridgehead atoms. The van der Waals surface area contributed by atoms with Crippen LogP contribution in [0.25, 0.3) is 0 Å². The predicted octanol–water partition coefficient (Wildman–Crippen LogP) is 4.11. The number of ether oxygens (including phenoxy) is 4. The van der Waals surface area contributed by atoms with Gasteiger partial charge in [-0.25, -0.2) is 0 Å². The van der Waals surface area contributed by atoms with E-state index in [9.17, 15) is 0 Å². The maximum Gasteiger partial charge on any atom is 0.190 e. The Morgan fingerprint density at radius 3 is 2.42 bits per heavy atom. The summed E-state index contributed by atoms with van der Waals surface area (Å²) in [5.41, 5.74) is 3.77. The van der Waals surface area contributed by atoms with Gasteiger partial charge in [-0.15, -0.1) is 0 Å². The van der Waals surface area contributed by atoms with E-state index < -0.39 is 5.79 Å². The minimum atomic E-state index is -0.613. The fourth-order valence-corrected chi connectivity index (χ4v) is 3.66. The Kier molecular flexibility index (Phi) is 5.03. The first-order valence-electron chi connectivity index (χ1n) is 8.94. The minimum absolute atomic E-state index is 0.0143. The summed E-state index contributed by atoms with van der Waals surface area (Å²) in [6.45, 7) is 13.1. The third kappa shape index (κ3) is 3.67. The van der Waals surface area contributed by atoms with Gasteiger partial charge in [0.05, 0.1) is 12.7 Å². The molecule has 24 heavy (non-hydrogen) atoms. The van der Waals surface area contributed by atoms with Crippen molar-refractivity contribution in [3.8, 4) is 0 Å². The van der Waals surface area contributed by atoms with Gasteiger partial charge in [0.25, 0.3) is 0 Å². The molecule has 1 aromatic carbocycles. The molecule has 134 valence electrons. The van der Waals surface area contributed by atoms with Gasteiger partial charge in [-0.3, -0.25) is 0 Å². The van der Waals surface area contributed by atoms with Crippen LogP contribution in [0.2, 0.25) is 0 Å². The highest BCUT2D eigenvalue weighted by atomic mass is 16.8. The monoisotopic (exact) mass is 334 g/mol. The van der Waals surface area contributed by atoms with Crippen LogP contribution in [0.5, 0.6) is 0 Å². The van der Waals surface area contributed by atoms with Gasteiger partial charge in [0, 0.05) is 0 Å². The van der Waals surface area contributed by atoms with Gasteiger partial charge in [0.15, 0.2) is 12.1 Å². The summed E-state index contributed by atoms with van der Waals surface area (Å²) in [4.78, 5) is 0. The number of benzene rings is 1. The highest BCUT2D eigenvalue weighted by Gasteiger charge is 2.55. The van der Waals surface area contributed by atoms with Crippen molar-refractivity contribution in [1.29, 1.82) is 0 Å². The molecule has 0 radical (unpaired) electrons. The van der Waals surface area contributed by atoms with Crippen LogP contribution in [-0.4, -0.2) is 30.4 Å². The number of hydrogen-bond donors (Lipinski definition) is 0. The number of fused-ring (bicyclic) bond motifs is 1. The Labute approximate surface area is 145 Å². The molecule has 0 unspecified atom stereocenters. The van der Waals surface area contributed by atoms with Crippen LogP contribution in [0, 0.1) is 19.8 Å². The standard InChI is InChI=1S/C20H30O4/c1-12(2)10-16-17(18-19(22-16)24-20(5,6)23-18)21-11-15-13(3)8-7-9-14(15)4/h7-9,12,16-19H,10-11H2,1-6H3/t16-,17+,18-,19-/m1/s1. The Bertz CT molecular complexity index is 561. The molecule has 0 saturated carbocycles. The zero-order valence-electron chi connectivity index (χ0n) is 15.7. The van der Waals surface area contributed by atoms with Crippen LogP contribution in [0.15, 0.2) is 18.2 Å². The second kappa shape index (κ2) is 6.75. The Morgan fingerprint density at radius 1 is 1.12 bits per heavy atom. The fourth-order valence-electron chi connectivity index (χ4n) is 3.66. The molecule has 0 N–H and O–H groups in total. The van der Waals surface area contributed by atoms with Crippen LogP contribution in [0.3, 0.4) is 0 Å². The molecule has 0 aliphatic carbocycles. The topological polar surface area (TPSA) is 36.9 Å². The van der Waals surface area contributed by atoms with E-state index in [1.807, 2.05) is 13.8 Å². The summed E-state index contributed by atoms with van der Waals surface area (Å²) >= 11 is 0. The molecule has 4 atom stereocenters. The summed E-state index contributed by atoms with van der Waals surface area (Å²) in [5, 5.41) is 0. The highest BCUT2D eigenvalue weighted by molar-refractivity contribution is 5.32. The second-order valence-electron chi connectivity index (χ2n) is 7.92. The third-order valence-corrected chi connectivity index (χ3v) is 4.86. The Hall–Kier alpha value is -0.940. The molecule has 3 rings (SSSR count). The fraction of sp³-hybridized carbons (Fsp3) is 0.700. The van der Waals surface area contributed by atoms with Gasteiger partial charge in [-0.1, -0.05) is 32.0 Å². The molecule has 0 amide bonds. The van der Waals surface area contributed by atoms with Crippen LogP contribution >= 0.6 is 0 Å².